The molecule has 0 radical (unpaired) electrons. The van der Waals surface area contributed by atoms with Gasteiger partial charge in [-0.3, -0.25) is 4.79 Å². The van der Waals surface area contributed by atoms with E-state index in [1.54, 1.807) is 13.1 Å². The molecule has 1 saturated carbocycles. The molecule has 1 fully saturated rings. The monoisotopic (exact) mass is 253 g/mol. The fourth-order valence-corrected chi connectivity index (χ4v) is 2.22. The van der Waals surface area contributed by atoms with Crippen LogP contribution in [0.5, 0.6) is 0 Å². The summed E-state index contributed by atoms with van der Waals surface area (Å²) in [6.07, 6.45) is 4.08. The van der Waals surface area contributed by atoms with Crippen LogP contribution in [0.25, 0.3) is 0 Å². The molecule has 1 heterocycles. The van der Waals surface area contributed by atoms with Crippen molar-refractivity contribution in [1.82, 2.24) is 10.3 Å². The minimum Gasteiger partial charge on any atom is -0.444 e. The van der Waals surface area contributed by atoms with Crippen molar-refractivity contribution >= 4 is 23.1 Å². The Bertz CT molecular complexity index is 451. The van der Waals surface area contributed by atoms with Gasteiger partial charge in [0.1, 0.15) is 5.76 Å². The van der Waals surface area contributed by atoms with Crippen LogP contribution in [0.3, 0.4) is 0 Å². The van der Waals surface area contributed by atoms with Crippen molar-refractivity contribution in [1.29, 1.82) is 0 Å². The third-order valence-corrected chi connectivity index (χ3v) is 3.57. The lowest BCUT2D eigenvalue weighted by Gasteiger charge is -2.38. The van der Waals surface area contributed by atoms with Gasteiger partial charge in [-0.1, -0.05) is 18.6 Å². The Morgan fingerprint density at radius 2 is 2.41 bits per heavy atom. The first-order valence-corrected chi connectivity index (χ1v) is 5.95. The van der Waals surface area contributed by atoms with Gasteiger partial charge in [0, 0.05) is 0 Å². The normalized spacial score (nSPS) is 17.2. The number of aryl methyl sites for hydroxylation is 1. The summed E-state index contributed by atoms with van der Waals surface area (Å²) < 4.78 is 5.27. The second kappa shape index (κ2) is 4.44. The third kappa shape index (κ3) is 2.17. The molecule has 0 aliphatic heterocycles. The summed E-state index contributed by atoms with van der Waals surface area (Å²) in [5.41, 5.74) is 5.00. The molecule has 0 atom stereocenters. The predicted molar refractivity (Wildman–Crippen MR) is 66.2 cm³/mol. The van der Waals surface area contributed by atoms with E-state index in [9.17, 15) is 4.79 Å². The number of thiocarbonyl (C=S) groups is 1. The summed E-state index contributed by atoms with van der Waals surface area (Å²) in [6, 6.07) is 0. The van der Waals surface area contributed by atoms with Crippen LogP contribution in [0.15, 0.2) is 10.6 Å². The van der Waals surface area contributed by atoms with Gasteiger partial charge in [0.15, 0.2) is 0 Å². The first-order valence-electron chi connectivity index (χ1n) is 5.54. The van der Waals surface area contributed by atoms with Crippen LogP contribution in [0.4, 0.5) is 0 Å². The summed E-state index contributed by atoms with van der Waals surface area (Å²) in [5, 5.41) is 2.77. The maximum absolute atomic E-state index is 12.0. The molecule has 0 aromatic carbocycles. The SMILES string of the molecule is Cc1cnc(CNC(=O)C2(C(N)=S)CCC2)o1. The molecule has 17 heavy (non-hydrogen) atoms. The predicted octanol–water partition coefficient (Wildman–Crippen LogP) is 1.06. The lowest BCUT2D eigenvalue weighted by Crippen LogP contribution is -2.52. The Balaban J connectivity index is 1.95. The first-order chi connectivity index (χ1) is 8.04. The first kappa shape index (κ1) is 12.0. The second-order valence-corrected chi connectivity index (χ2v) is 4.79. The average Bonchev–Trinajstić information content (AvgIpc) is 2.59. The van der Waals surface area contributed by atoms with Crippen LogP contribution in [-0.2, 0) is 11.3 Å². The van der Waals surface area contributed by atoms with Crippen molar-refractivity contribution in [3.8, 4) is 0 Å². The number of oxazole rings is 1. The van der Waals surface area contributed by atoms with E-state index in [1.165, 1.54) is 0 Å². The Morgan fingerprint density at radius 1 is 1.71 bits per heavy atom. The minimum atomic E-state index is -0.642. The van der Waals surface area contributed by atoms with Gasteiger partial charge >= 0.3 is 0 Å². The van der Waals surface area contributed by atoms with Crippen molar-refractivity contribution in [3.63, 3.8) is 0 Å². The maximum atomic E-state index is 12.0. The third-order valence-electron chi connectivity index (χ3n) is 3.18. The van der Waals surface area contributed by atoms with Crippen molar-refractivity contribution < 1.29 is 9.21 Å². The zero-order chi connectivity index (χ0) is 12.5. The molecule has 0 saturated heterocycles. The number of hydrogen-bond donors (Lipinski definition) is 2. The zero-order valence-corrected chi connectivity index (χ0v) is 10.5. The van der Waals surface area contributed by atoms with Crippen LogP contribution >= 0.6 is 12.2 Å². The number of aromatic nitrogens is 1. The fourth-order valence-electron chi connectivity index (χ4n) is 1.92. The molecule has 0 spiro atoms. The highest BCUT2D eigenvalue weighted by molar-refractivity contribution is 7.80. The quantitative estimate of drug-likeness (QED) is 0.784. The van der Waals surface area contributed by atoms with Crippen LogP contribution in [-0.4, -0.2) is 15.9 Å². The van der Waals surface area contributed by atoms with E-state index in [0.29, 0.717) is 5.89 Å². The van der Waals surface area contributed by atoms with E-state index in [2.05, 4.69) is 10.3 Å². The standard InChI is InChI=1S/C11H15N3O2S/c1-7-5-13-8(16-7)6-14-10(15)11(9(12)17)3-2-4-11/h5H,2-4,6H2,1H3,(H2,12,17)(H,14,15). The molecule has 92 valence electrons. The van der Waals surface area contributed by atoms with Gasteiger partial charge in [-0.05, 0) is 19.8 Å². The van der Waals surface area contributed by atoms with Gasteiger partial charge in [-0.25, -0.2) is 4.98 Å². The number of nitrogens with one attached hydrogen (secondary N) is 1. The Kier molecular flexibility index (Phi) is 3.15. The number of carbonyl (C=O) groups excluding carboxylic acids is 1. The molecular formula is C11H15N3O2S. The minimum absolute atomic E-state index is 0.118. The highest BCUT2D eigenvalue weighted by atomic mass is 32.1. The number of amides is 1. The second-order valence-electron chi connectivity index (χ2n) is 4.35. The van der Waals surface area contributed by atoms with Crippen molar-refractivity contribution in [2.45, 2.75) is 32.7 Å². The van der Waals surface area contributed by atoms with Gasteiger partial charge in [-0.15, -0.1) is 0 Å². The largest absolute Gasteiger partial charge is 0.444 e. The number of nitrogens with zero attached hydrogens (tertiary/aromatic N) is 1. The highest BCUT2D eigenvalue weighted by Crippen LogP contribution is 2.41. The topological polar surface area (TPSA) is 81.2 Å². The van der Waals surface area contributed by atoms with E-state index in [-0.39, 0.29) is 17.4 Å². The van der Waals surface area contributed by atoms with Crippen LogP contribution < -0.4 is 11.1 Å². The summed E-state index contributed by atoms with van der Waals surface area (Å²) >= 11 is 4.97. The number of rotatable bonds is 4. The van der Waals surface area contributed by atoms with Gasteiger partial charge < -0.3 is 15.5 Å². The highest BCUT2D eigenvalue weighted by Gasteiger charge is 2.46. The van der Waals surface area contributed by atoms with Crippen molar-refractivity contribution in [3.05, 3.63) is 17.8 Å². The molecule has 1 amide bonds. The molecule has 1 aromatic rings. The molecule has 6 heteroatoms. The molecule has 1 aliphatic carbocycles. The van der Waals surface area contributed by atoms with Crippen LogP contribution in [0.2, 0.25) is 0 Å². The van der Waals surface area contributed by atoms with Crippen LogP contribution in [0.1, 0.15) is 30.9 Å². The summed E-state index contributed by atoms with van der Waals surface area (Å²) in [6.45, 7) is 2.08. The van der Waals surface area contributed by atoms with E-state index >= 15 is 0 Å². The van der Waals surface area contributed by atoms with Gasteiger partial charge in [-0.2, -0.15) is 0 Å². The van der Waals surface area contributed by atoms with Crippen molar-refractivity contribution in [2.75, 3.05) is 0 Å². The zero-order valence-electron chi connectivity index (χ0n) is 9.66. The molecular weight excluding hydrogens is 238 g/mol. The smallest absolute Gasteiger partial charge is 0.233 e. The fraction of sp³-hybridized carbons (Fsp3) is 0.545. The molecule has 5 nitrogen and oxygen atoms in total. The molecule has 3 N–H and O–H groups in total. The van der Waals surface area contributed by atoms with Gasteiger partial charge in [0.25, 0.3) is 0 Å². The van der Waals surface area contributed by atoms with Crippen molar-refractivity contribution in [2.24, 2.45) is 11.1 Å². The lowest BCUT2D eigenvalue weighted by molar-refractivity contribution is -0.131. The summed E-state index contributed by atoms with van der Waals surface area (Å²) in [7, 11) is 0. The Labute approximate surface area is 105 Å². The van der Waals surface area contributed by atoms with E-state index in [0.717, 1.165) is 25.0 Å². The average molecular weight is 253 g/mol. The molecule has 0 unspecified atom stereocenters. The van der Waals surface area contributed by atoms with E-state index in [4.69, 9.17) is 22.4 Å². The van der Waals surface area contributed by atoms with E-state index < -0.39 is 5.41 Å². The van der Waals surface area contributed by atoms with E-state index in [1.807, 2.05) is 0 Å². The van der Waals surface area contributed by atoms with Gasteiger partial charge in [0.2, 0.25) is 11.8 Å². The number of nitrogens with two attached hydrogens (primary N) is 1. The molecule has 2 rings (SSSR count). The molecule has 1 aromatic heterocycles. The van der Waals surface area contributed by atoms with Crippen LogP contribution in [0, 0.1) is 12.3 Å². The molecule has 0 bridgehead atoms. The number of hydrogen-bond acceptors (Lipinski definition) is 4. The summed E-state index contributed by atoms with van der Waals surface area (Å²) in [4.78, 5) is 16.3. The molecule has 1 aliphatic rings. The number of carbonyl (C=O) groups is 1. The lowest BCUT2D eigenvalue weighted by atomic mass is 9.68. The Morgan fingerprint density at radius 3 is 2.82 bits per heavy atom. The van der Waals surface area contributed by atoms with Gasteiger partial charge in [0.05, 0.1) is 23.1 Å². The maximum Gasteiger partial charge on any atom is 0.233 e. The summed E-state index contributed by atoms with van der Waals surface area (Å²) in [5.74, 6) is 1.10. The Hall–Kier alpha value is -1.43.